The molecule has 1 aromatic rings. The number of hydrogen-bond acceptors (Lipinski definition) is 4. The number of nitro benzene ring substituents is 1. The lowest BCUT2D eigenvalue weighted by Crippen LogP contribution is -2.34. The van der Waals surface area contributed by atoms with Crippen molar-refractivity contribution in [3.8, 4) is 0 Å². The smallest absolute Gasteiger partial charge is 0.258 e. The minimum Gasteiger partial charge on any atom is -0.258 e. The molecule has 0 unspecified atom stereocenters. The molecular weight excluding hydrogens is 348 g/mol. The van der Waals surface area contributed by atoms with E-state index in [0.29, 0.717) is 0 Å². The molecule has 6 nitrogen and oxygen atoms in total. The van der Waals surface area contributed by atoms with Gasteiger partial charge in [-0.05, 0) is 6.07 Å². The highest BCUT2D eigenvalue weighted by Gasteiger charge is 2.33. The van der Waals surface area contributed by atoms with E-state index in [1.54, 1.807) is 0 Å². The summed E-state index contributed by atoms with van der Waals surface area (Å²) in [7, 11) is -4.75. The van der Waals surface area contributed by atoms with Crippen LogP contribution in [0.2, 0.25) is 10.0 Å². The van der Waals surface area contributed by atoms with Gasteiger partial charge in [0.15, 0.2) is 0 Å². The first kappa shape index (κ1) is 17.0. The lowest BCUT2D eigenvalue weighted by molar-refractivity contribution is -0.384. The van der Waals surface area contributed by atoms with E-state index in [2.05, 4.69) is 0 Å². The van der Waals surface area contributed by atoms with E-state index in [9.17, 15) is 31.7 Å². The fraction of sp³-hybridized carbons (Fsp3) is 0.250. The van der Waals surface area contributed by atoms with Gasteiger partial charge in [-0.2, -0.15) is 13.2 Å². The van der Waals surface area contributed by atoms with Gasteiger partial charge in [0.1, 0.15) is 16.5 Å². The Kier molecular flexibility index (Phi) is 4.85. The molecule has 0 aliphatic rings. The second-order valence-electron chi connectivity index (χ2n) is 3.41. The fourth-order valence-electron chi connectivity index (χ4n) is 1.16. The molecule has 0 amide bonds. The molecule has 20 heavy (non-hydrogen) atoms. The predicted octanol–water partition coefficient (Wildman–Crippen LogP) is 2.74. The highest BCUT2D eigenvalue weighted by Crippen LogP contribution is 2.36. The van der Waals surface area contributed by atoms with Gasteiger partial charge < -0.3 is 0 Å². The Morgan fingerprint density at radius 1 is 1.30 bits per heavy atom. The van der Waals surface area contributed by atoms with E-state index in [-0.39, 0.29) is 0 Å². The molecule has 0 aliphatic carbocycles. The third-order valence-corrected chi connectivity index (χ3v) is 4.36. The zero-order valence-electron chi connectivity index (χ0n) is 9.24. The number of sulfonamides is 1. The standard InChI is InChI=1S/C8H5Cl2F3N2O4S/c9-4-1-2-5(15(16)17)6(10)7(4)20(18,19)14-3-8(11,12)13/h1-2,14H,3H2. The predicted molar refractivity (Wildman–Crippen MR) is 64.4 cm³/mol. The average molecular weight is 353 g/mol. The molecular formula is C8H5Cl2F3N2O4S. The number of benzene rings is 1. The summed E-state index contributed by atoms with van der Waals surface area (Å²) in [5.74, 6) is 0. The van der Waals surface area contributed by atoms with Crippen molar-refractivity contribution in [2.75, 3.05) is 6.54 Å². The van der Waals surface area contributed by atoms with Crippen LogP contribution in [0.4, 0.5) is 18.9 Å². The molecule has 0 saturated heterocycles. The van der Waals surface area contributed by atoms with Crippen LogP contribution in [0.25, 0.3) is 0 Å². The molecule has 0 fully saturated rings. The highest BCUT2D eigenvalue weighted by atomic mass is 35.5. The van der Waals surface area contributed by atoms with Crippen LogP contribution in [0.5, 0.6) is 0 Å². The van der Waals surface area contributed by atoms with E-state index in [1.165, 1.54) is 4.72 Å². The van der Waals surface area contributed by atoms with Crippen molar-refractivity contribution in [1.82, 2.24) is 4.72 Å². The Hall–Kier alpha value is -1.10. The quantitative estimate of drug-likeness (QED) is 0.666. The van der Waals surface area contributed by atoms with Gasteiger partial charge >= 0.3 is 6.18 Å². The molecule has 0 aromatic heterocycles. The molecule has 0 spiro atoms. The van der Waals surface area contributed by atoms with Crippen LogP contribution < -0.4 is 4.72 Å². The SMILES string of the molecule is O=[N+]([O-])c1ccc(Cl)c(S(=O)(=O)NCC(F)(F)F)c1Cl. The molecule has 0 saturated carbocycles. The highest BCUT2D eigenvalue weighted by molar-refractivity contribution is 7.89. The van der Waals surface area contributed by atoms with Crippen molar-refractivity contribution in [2.45, 2.75) is 11.1 Å². The van der Waals surface area contributed by atoms with E-state index < -0.39 is 48.3 Å². The third kappa shape index (κ3) is 3.95. The maximum Gasteiger partial charge on any atom is 0.402 e. The van der Waals surface area contributed by atoms with E-state index in [4.69, 9.17) is 23.2 Å². The number of nitro groups is 1. The van der Waals surface area contributed by atoms with Crippen molar-refractivity contribution in [1.29, 1.82) is 0 Å². The van der Waals surface area contributed by atoms with E-state index in [0.717, 1.165) is 12.1 Å². The van der Waals surface area contributed by atoms with Crippen LogP contribution in [0.15, 0.2) is 17.0 Å². The van der Waals surface area contributed by atoms with E-state index in [1.807, 2.05) is 0 Å². The summed E-state index contributed by atoms with van der Waals surface area (Å²) in [4.78, 5) is 8.65. The lowest BCUT2D eigenvalue weighted by Gasteiger charge is -2.11. The Labute approximate surface area is 120 Å². The van der Waals surface area contributed by atoms with Crippen LogP contribution in [0, 0.1) is 10.1 Å². The van der Waals surface area contributed by atoms with Gasteiger partial charge in [0.25, 0.3) is 5.69 Å². The minimum atomic E-state index is -4.80. The Morgan fingerprint density at radius 3 is 2.30 bits per heavy atom. The summed E-state index contributed by atoms with van der Waals surface area (Å²) in [5.41, 5.74) is -0.788. The average Bonchev–Trinajstić information content (AvgIpc) is 2.25. The summed E-state index contributed by atoms with van der Waals surface area (Å²) in [5, 5.41) is 9.22. The molecule has 1 rings (SSSR count). The van der Waals surface area contributed by atoms with Crippen LogP contribution in [0.1, 0.15) is 0 Å². The summed E-state index contributed by atoms with van der Waals surface area (Å²) >= 11 is 11.1. The zero-order chi connectivity index (χ0) is 15.7. The number of halogens is 5. The monoisotopic (exact) mass is 352 g/mol. The first-order valence-electron chi connectivity index (χ1n) is 4.64. The fourth-order valence-corrected chi connectivity index (χ4v) is 3.37. The lowest BCUT2D eigenvalue weighted by atomic mass is 10.3. The van der Waals surface area contributed by atoms with Crippen molar-refractivity contribution >= 4 is 38.9 Å². The van der Waals surface area contributed by atoms with Gasteiger partial charge in [-0.3, -0.25) is 10.1 Å². The summed E-state index contributed by atoms with van der Waals surface area (Å²) < 4.78 is 60.6. The summed E-state index contributed by atoms with van der Waals surface area (Å²) in [6, 6.07) is 1.70. The first-order valence-corrected chi connectivity index (χ1v) is 6.88. The number of nitrogens with one attached hydrogen (secondary N) is 1. The maximum absolute atomic E-state index is 12.0. The minimum absolute atomic E-state index is 0.532. The van der Waals surface area contributed by atoms with E-state index >= 15 is 0 Å². The Balaban J connectivity index is 3.31. The summed E-state index contributed by atoms with van der Waals surface area (Å²) in [6.07, 6.45) is -4.80. The van der Waals surface area contributed by atoms with Crippen molar-refractivity contribution < 1.29 is 26.5 Å². The van der Waals surface area contributed by atoms with Gasteiger partial charge in [-0.15, -0.1) is 0 Å². The van der Waals surface area contributed by atoms with Crippen LogP contribution in [0.3, 0.4) is 0 Å². The first-order chi connectivity index (χ1) is 8.96. The van der Waals surface area contributed by atoms with Crippen molar-refractivity contribution in [2.24, 2.45) is 0 Å². The number of hydrogen-bond donors (Lipinski definition) is 1. The normalized spacial score (nSPS) is 12.4. The van der Waals surface area contributed by atoms with Crippen LogP contribution >= 0.6 is 23.2 Å². The molecule has 0 bridgehead atoms. The molecule has 0 radical (unpaired) electrons. The van der Waals surface area contributed by atoms with Gasteiger partial charge in [0.2, 0.25) is 10.0 Å². The van der Waals surface area contributed by atoms with Gasteiger partial charge in [-0.25, -0.2) is 13.1 Å². The topological polar surface area (TPSA) is 89.3 Å². The molecule has 1 aromatic carbocycles. The van der Waals surface area contributed by atoms with Crippen molar-refractivity contribution in [3.63, 3.8) is 0 Å². The number of alkyl halides is 3. The Morgan fingerprint density at radius 2 is 1.85 bits per heavy atom. The van der Waals surface area contributed by atoms with Crippen molar-refractivity contribution in [3.05, 3.63) is 32.3 Å². The molecule has 1 N–H and O–H groups in total. The summed E-state index contributed by atoms with van der Waals surface area (Å²) in [6.45, 7) is -1.86. The second kappa shape index (κ2) is 5.72. The second-order valence-corrected chi connectivity index (χ2v) is 5.90. The third-order valence-electron chi connectivity index (χ3n) is 1.96. The van der Waals surface area contributed by atoms with Gasteiger partial charge in [-0.1, -0.05) is 23.2 Å². The molecule has 12 heteroatoms. The molecule has 0 aliphatic heterocycles. The molecule has 0 atom stereocenters. The maximum atomic E-state index is 12.0. The van der Waals surface area contributed by atoms with Crippen LogP contribution in [-0.4, -0.2) is 26.1 Å². The molecule has 0 heterocycles. The van der Waals surface area contributed by atoms with Crippen LogP contribution in [-0.2, 0) is 10.0 Å². The Bertz CT molecular complexity index is 648. The number of nitrogens with zero attached hydrogens (tertiary/aromatic N) is 1. The zero-order valence-corrected chi connectivity index (χ0v) is 11.6. The van der Waals surface area contributed by atoms with Gasteiger partial charge in [0, 0.05) is 6.07 Å². The van der Waals surface area contributed by atoms with Gasteiger partial charge in [0.05, 0.1) is 9.95 Å². The largest absolute Gasteiger partial charge is 0.402 e. The molecule has 112 valence electrons. The number of rotatable bonds is 4.